The highest BCUT2D eigenvalue weighted by atomic mass is 16.5. The van der Waals surface area contributed by atoms with Crippen LogP contribution in [-0.4, -0.2) is 36.4 Å². The lowest BCUT2D eigenvalue weighted by atomic mass is 9.81. The second-order valence-electron chi connectivity index (χ2n) is 6.64. The van der Waals surface area contributed by atoms with Gasteiger partial charge in [-0.3, -0.25) is 13.9 Å². The SMILES string of the molecule is COC(=O)C1=C(C)Nc2c(c(=O)n(C)c(=O)n2C)[C@H]1c1cccc(OC)c1OC. The lowest BCUT2D eigenvalue weighted by molar-refractivity contribution is -0.136. The Labute approximate surface area is 167 Å². The van der Waals surface area contributed by atoms with Crippen LogP contribution in [0.25, 0.3) is 0 Å². The fourth-order valence-electron chi connectivity index (χ4n) is 3.72. The maximum atomic E-state index is 13.2. The third kappa shape index (κ3) is 2.98. The molecule has 0 amide bonds. The smallest absolute Gasteiger partial charge is 0.336 e. The van der Waals surface area contributed by atoms with Crippen molar-refractivity contribution in [1.82, 2.24) is 9.13 Å². The first-order valence-electron chi connectivity index (χ1n) is 8.85. The van der Waals surface area contributed by atoms with E-state index < -0.39 is 23.1 Å². The van der Waals surface area contributed by atoms with Crippen molar-refractivity contribution in [2.24, 2.45) is 14.1 Å². The molecule has 0 saturated carbocycles. The minimum Gasteiger partial charge on any atom is -0.493 e. The van der Waals surface area contributed by atoms with E-state index in [4.69, 9.17) is 14.2 Å². The van der Waals surface area contributed by atoms with Crippen molar-refractivity contribution in [3.05, 3.63) is 61.4 Å². The number of allylic oxidation sites excluding steroid dienone is 1. The van der Waals surface area contributed by atoms with Gasteiger partial charge in [0.15, 0.2) is 11.5 Å². The van der Waals surface area contributed by atoms with Crippen molar-refractivity contribution < 1.29 is 19.0 Å². The number of fused-ring (bicyclic) bond motifs is 1. The molecule has 0 unspecified atom stereocenters. The zero-order valence-corrected chi connectivity index (χ0v) is 17.2. The number of hydrogen-bond acceptors (Lipinski definition) is 7. The number of methoxy groups -OCH3 is 3. The number of rotatable bonds is 4. The number of hydrogen-bond donors (Lipinski definition) is 1. The molecule has 0 radical (unpaired) electrons. The first-order valence-corrected chi connectivity index (χ1v) is 8.85. The molecule has 0 saturated heterocycles. The Morgan fingerprint density at radius 1 is 1.07 bits per heavy atom. The van der Waals surface area contributed by atoms with Crippen LogP contribution in [-0.2, 0) is 23.6 Å². The first kappa shape index (κ1) is 20.2. The molecule has 154 valence electrons. The summed E-state index contributed by atoms with van der Waals surface area (Å²) >= 11 is 0. The van der Waals surface area contributed by atoms with Crippen LogP contribution in [0.4, 0.5) is 5.82 Å². The molecule has 3 rings (SSSR count). The van der Waals surface area contributed by atoms with Crippen molar-refractivity contribution >= 4 is 11.8 Å². The Balaban J connectivity index is 2.48. The van der Waals surface area contributed by atoms with Crippen molar-refractivity contribution in [1.29, 1.82) is 0 Å². The average molecular weight is 401 g/mol. The molecule has 1 aliphatic heterocycles. The van der Waals surface area contributed by atoms with E-state index in [2.05, 4.69) is 5.32 Å². The highest BCUT2D eigenvalue weighted by Gasteiger charge is 2.39. The molecule has 1 aromatic heterocycles. The third-order valence-electron chi connectivity index (χ3n) is 5.14. The molecule has 1 N–H and O–H groups in total. The topological polar surface area (TPSA) is 101 Å². The zero-order valence-electron chi connectivity index (χ0n) is 17.2. The van der Waals surface area contributed by atoms with Gasteiger partial charge in [-0.25, -0.2) is 9.59 Å². The van der Waals surface area contributed by atoms with Crippen molar-refractivity contribution in [2.75, 3.05) is 26.6 Å². The van der Waals surface area contributed by atoms with Gasteiger partial charge in [0.25, 0.3) is 5.56 Å². The monoisotopic (exact) mass is 401 g/mol. The quantitative estimate of drug-likeness (QED) is 0.766. The van der Waals surface area contributed by atoms with E-state index in [-0.39, 0.29) is 11.1 Å². The Bertz CT molecular complexity index is 1140. The maximum Gasteiger partial charge on any atom is 0.336 e. The Hall–Kier alpha value is -3.49. The van der Waals surface area contributed by atoms with Crippen LogP contribution in [0.5, 0.6) is 11.5 Å². The molecule has 0 bridgehead atoms. The van der Waals surface area contributed by atoms with Gasteiger partial charge in [0.2, 0.25) is 0 Å². The van der Waals surface area contributed by atoms with Crippen LogP contribution in [0.2, 0.25) is 0 Å². The van der Waals surface area contributed by atoms with E-state index in [9.17, 15) is 14.4 Å². The van der Waals surface area contributed by atoms with E-state index in [0.29, 0.717) is 28.6 Å². The molecule has 9 heteroatoms. The number of carbonyl (C=O) groups is 1. The number of esters is 1. The Morgan fingerprint density at radius 3 is 2.34 bits per heavy atom. The van der Waals surface area contributed by atoms with Crippen LogP contribution < -0.4 is 26.0 Å². The summed E-state index contributed by atoms with van der Waals surface area (Å²) in [6.45, 7) is 1.69. The number of aromatic nitrogens is 2. The molecular formula is C20H23N3O6. The van der Waals surface area contributed by atoms with Gasteiger partial charge in [-0.15, -0.1) is 0 Å². The number of nitrogens with one attached hydrogen (secondary N) is 1. The molecular weight excluding hydrogens is 378 g/mol. The standard InChI is InChI=1S/C20H23N3O6/c1-10-13(19(25)29-6)14(11-8-7-9-12(27-4)16(11)28-5)15-17(21-10)22(2)20(26)23(3)18(15)24/h7-9,14,21H,1-6H3/t14-/m0/s1. The van der Waals surface area contributed by atoms with Gasteiger partial charge < -0.3 is 19.5 Å². The first-order chi connectivity index (χ1) is 13.8. The van der Waals surface area contributed by atoms with Crippen LogP contribution in [0.15, 0.2) is 39.1 Å². The van der Waals surface area contributed by atoms with E-state index in [1.807, 2.05) is 0 Å². The number of para-hydroxylation sites is 1. The van der Waals surface area contributed by atoms with Crippen LogP contribution >= 0.6 is 0 Å². The predicted octanol–water partition coefficient (Wildman–Crippen LogP) is 1.11. The summed E-state index contributed by atoms with van der Waals surface area (Å²) < 4.78 is 18.3. The maximum absolute atomic E-state index is 13.2. The molecule has 0 aliphatic carbocycles. The van der Waals surface area contributed by atoms with Gasteiger partial charge in [0.1, 0.15) is 5.82 Å². The lowest BCUT2D eigenvalue weighted by Gasteiger charge is -2.31. The van der Waals surface area contributed by atoms with Crippen molar-refractivity contribution in [3.63, 3.8) is 0 Å². The van der Waals surface area contributed by atoms with Crippen LogP contribution in [0.3, 0.4) is 0 Å². The molecule has 2 heterocycles. The minimum atomic E-state index is -0.825. The third-order valence-corrected chi connectivity index (χ3v) is 5.14. The number of ether oxygens (including phenoxy) is 3. The number of carbonyl (C=O) groups excluding carboxylic acids is 1. The summed E-state index contributed by atoms with van der Waals surface area (Å²) in [5.74, 6) is -0.259. The summed E-state index contributed by atoms with van der Waals surface area (Å²) in [5.41, 5.74) is 0.522. The fraction of sp³-hybridized carbons (Fsp3) is 0.350. The highest BCUT2D eigenvalue weighted by Crippen LogP contribution is 2.45. The number of nitrogens with zero attached hydrogens (tertiary/aromatic N) is 2. The molecule has 2 aromatic rings. The Kier molecular flexibility index (Phi) is 5.23. The lowest BCUT2D eigenvalue weighted by Crippen LogP contribution is -2.43. The Morgan fingerprint density at radius 2 is 1.76 bits per heavy atom. The largest absolute Gasteiger partial charge is 0.493 e. The molecule has 29 heavy (non-hydrogen) atoms. The summed E-state index contributed by atoms with van der Waals surface area (Å²) in [7, 11) is 7.22. The second kappa shape index (κ2) is 7.50. The van der Waals surface area contributed by atoms with Crippen LogP contribution in [0, 0.1) is 0 Å². The molecule has 0 spiro atoms. The van der Waals surface area contributed by atoms with Gasteiger partial charge in [-0.05, 0) is 13.0 Å². The van der Waals surface area contributed by atoms with E-state index in [1.165, 1.54) is 32.9 Å². The normalized spacial score (nSPS) is 15.4. The van der Waals surface area contributed by atoms with Gasteiger partial charge >= 0.3 is 11.7 Å². The van der Waals surface area contributed by atoms with E-state index >= 15 is 0 Å². The zero-order chi connectivity index (χ0) is 21.5. The van der Waals surface area contributed by atoms with Gasteiger partial charge in [-0.2, -0.15) is 0 Å². The average Bonchev–Trinajstić information content (AvgIpc) is 2.73. The number of benzene rings is 1. The van der Waals surface area contributed by atoms with Gasteiger partial charge in [0, 0.05) is 25.4 Å². The fourth-order valence-corrected chi connectivity index (χ4v) is 3.72. The minimum absolute atomic E-state index is 0.243. The van der Waals surface area contributed by atoms with E-state index in [0.717, 1.165) is 4.57 Å². The second-order valence-corrected chi connectivity index (χ2v) is 6.64. The van der Waals surface area contributed by atoms with Gasteiger partial charge in [-0.1, -0.05) is 12.1 Å². The van der Waals surface area contributed by atoms with Crippen LogP contribution in [0.1, 0.15) is 24.0 Å². The van der Waals surface area contributed by atoms with E-state index in [1.54, 1.807) is 32.2 Å². The molecule has 1 aliphatic rings. The molecule has 9 nitrogen and oxygen atoms in total. The summed E-state index contributed by atoms with van der Waals surface area (Å²) in [4.78, 5) is 38.3. The summed E-state index contributed by atoms with van der Waals surface area (Å²) in [6, 6.07) is 5.22. The summed E-state index contributed by atoms with van der Waals surface area (Å²) in [5, 5.41) is 3.02. The van der Waals surface area contributed by atoms with Gasteiger partial charge in [0.05, 0.1) is 38.4 Å². The predicted molar refractivity (Wildman–Crippen MR) is 107 cm³/mol. The number of anilines is 1. The molecule has 1 atom stereocenters. The van der Waals surface area contributed by atoms with Crippen molar-refractivity contribution in [3.8, 4) is 11.5 Å². The summed E-state index contributed by atoms with van der Waals surface area (Å²) in [6.07, 6.45) is 0. The molecule has 1 aromatic carbocycles. The highest BCUT2D eigenvalue weighted by molar-refractivity contribution is 5.94. The molecule has 0 fully saturated rings. The van der Waals surface area contributed by atoms with Crippen molar-refractivity contribution in [2.45, 2.75) is 12.8 Å².